The maximum Gasteiger partial charge on any atom is 0.285 e. The Kier molecular flexibility index (Phi) is 3.99. The second-order valence-corrected chi connectivity index (χ2v) is 6.42. The Labute approximate surface area is 120 Å². The van der Waals surface area contributed by atoms with Gasteiger partial charge in [0.15, 0.2) is 0 Å². The van der Waals surface area contributed by atoms with Crippen molar-refractivity contribution >= 4 is 20.8 Å². The summed E-state index contributed by atoms with van der Waals surface area (Å²) in [6.07, 6.45) is 0. The van der Waals surface area contributed by atoms with E-state index in [1.54, 1.807) is 0 Å². The number of hydrogen-bond donors (Lipinski definition) is 0. The van der Waals surface area contributed by atoms with E-state index in [1.165, 1.54) is 0 Å². The van der Waals surface area contributed by atoms with Crippen LogP contribution in [0.2, 0.25) is 0 Å². The summed E-state index contributed by atoms with van der Waals surface area (Å²) in [4.78, 5) is 2.30. The van der Waals surface area contributed by atoms with Gasteiger partial charge >= 0.3 is 0 Å². The number of rotatable bonds is 3. The predicted octanol–water partition coefficient (Wildman–Crippen LogP) is 2.81. The van der Waals surface area contributed by atoms with Crippen molar-refractivity contribution in [3.05, 3.63) is 41.0 Å². The second-order valence-electron chi connectivity index (χ2n) is 4.88. The SMILES string of the molecule is CCN(CC)C1=NS(=O)(=O)C(c2ccc(C)cc2)=C1C. The molecule has 1 aliphatic heterocycles. The van der Waals surface area contributed by atoms with Crippen LogP contribution in [-0.2, 0) is 10.0 Å². The second kappa shape index (κ2) is 5.40. The molecule has 5 heteroatoms. The maximum atomic E-state index is 12.3. The fourth-order valence-electron chi connectivity index (χ4n) is 2.41. The Hall–Kier alpha value is -1.62. The molecule has 0 spiro atoms. The van der Waals surface area contributed by atoms with Gasteiger partial charge in [0.05, 0.1) is 0 Å². The molecule has 20 heavy (non-hydrogen) atoms. The van der Waals surface area contributed by atoms with Gasteiger partial charge in [0.2, 0.25) is 0 Å². The lowest BCUT2D eigenvalue weighted by molar-refractivity contribution is 0.467. The van der Waals surface area contributed by atoms with E-state index in [2.05, 4.69) is 4.40 Å². The monoisotopic (exact) mass is 292 g/mol. The zero-order valence-corrected chi connectivity index (χ0v) is 13.2. The smallest absolute Gasteiger partial charge is 0.285 e. The summed E-state index contributed by atoms with van der Waals surface area (Å²) in [5.74, 6) is 0.575. The Morgan fingerprint density at radius 1 is 1.05 bits per heavy atom. The first kappa shape index (κ1) is 14.8. The summed E-state index contributed by atoms with van der Waals surface area (Å²) in [6, 6.07) is 7.51. The Balaban J connectivity index is 2.56. The fourth-order valence-corrected chi connectivity index (χ4v) is 3.89. The third-order valence-corrected chi connectivity index (χ3v) is 4.99. The molecule has 108 valence electrons. The molecular formula is C15H20N2O2S. The zero-order valence-electron chi connectivity index (χ0n) is 12.3. The van der Waals surface area contributed by atoms with Crippen LogP contribution >= 0.6 is 0 Å². The number of hydrogen-bond acceptors (Lipinski definition) is 3. The predicted molar refractivity (Wildman–Crippen MR) is 83.0 cm³/mol. The van der Waals surface area contributed by atoms with E-state index in [4.69, 9.17) is 0 Å². The number of amidine groups is 1. The standard InChI is InChI=1S/C15H20N2O2S/c1-5-17(6-2)15-12(4)14(20(18,19)16-15)13-9-7-11(3)8-10-13/h7-10H,5-6H2,1-4H3. The van der Waals surface area contributed by atoms with Crippen LogP contribution in [-0.4, -0.2) is 32.2 Å². The van der Waals surface area contributed by atoms with E-state index in [0.717, 1.165) is 24.2 Å². The Morgan fingerprint density at radius 2 is 1.60 bits per heavy atom. The number of nitrogens with zero attached hydrogens (tertiary/aromatic N) is 2. The topological polar surface area (TPSA) is 49.7 Å². The maximum absolute atomic E-state index is 12.3. The minimum absolute atomic E-state index is 0.333. The molecule has 4 nitrogen and oxygen atoms in total. The van der Waals surface area contributed by atoms with Crippen LogP contribution in [0.1, 0.15) is 31.9 Å². The van der Waals surface area contributed by atoms with E-state index in [0.29, 0.717) is 16.3 Å². The minimum Gasteiger partial charge on any atom is -0.356 e. The van der Waals surface area contributed by atoms with Gasteiger partial charge in [-0.15, -0.1) is 4.40 Å². The zero-order chi connectivity index (χ0) is 14.9. The van der Waals surface area contributed by atoms with E-state index >= 15 is 0 Å². The van der Waals surface area contributed by atoms with Gasteiger partial charge in [0.1, 0.15) is 10.7 Å². The molecule has 0 saturated carbocycles. The van der Waals surface area contributed by atoms with Crippen molar-refractivity contribution in [1.82, 2.24) is 4.90 Å². The largest absolute Gasteiger partial charge is 0.356 e. The normalized spacial score (nSPS) is 17.3. The van der Waals surface area contributed by atoms with Crippen molar-refractivity contribution in [2.24, 2.45) is 4.40 Å². The third-order valence-electron chi connectivity index (χ3n) is 3.52. The highest BCUT2D eigenvalue weighted by atomic mass is 32.2. The van der Waals surface area contributed by atoms with Crippen molar-refractivity contribution in [2.45, 2.75) is 27.7 Å². The molecule has 0 unspecified atom stereocenters. The molecule has 0 amide bonds. The van der Waals surface area contributed by atoms with Crippen LogP contribution in [0.15, 0.2) is 34.2 Å². The lowest BCUT2D eigenvalue weighted by Gasteiger charge is -2.20. The summed E-state index contributed by atoms with van der Waals surface area (Å²) < 4.78 is 28.6. The van der Waals surface area contributed by atoms with Gasteiger partial charge in [-0.25, -0.2) is 0 Å². The van der Waals surface area contributed by atoms with Gasteiger partial charge in [-0.05, 0) is 33.3 Å². The lowest BCUT2D eigenvalue weighted by atomic mass is 10.1. The van der Waals surface area contributed by atoms with Crippen LogP contribution in [0.4, 0.5) is 0 Å². The van der Waals surface area contributed by atoms with E-state index < -0.39 is 10.0 Å². The molecule has 1 aromatic rings. The Bertz CT molecular complexity index is 666. The quantitative estimate of drug-likeness (QED) is 0.860. The number of likely N-dealkylation sites (N-methyl/N-ethyl adjacent to an activating group) is 1. The minimum atomic E-state index is -3.59. The number of aryl methyl sites for hydroxylation is 1. The van der Waals surface area contributed by atoms with Crippen molar-refractivity contribution in [3.63, 3.8) is 0 Å². The molecule has 0 aromatic heterocycles. The molecule has 0 bridgehead atoms. The molecular weight excluding hydrogens is 272 g/mol. The van der Waals surface area contributed by atoms with Gasteiger partial charge < -0.3 is 4.90 Å². The molecule has 0 aliphatic carbocycles. The van der Waals surface area contributed by atoms with Crippen LogP contribution in [0.5, 0.6) is 0 Å². The fraction of sp³-hybridized carbons (Fsp3) is 0.400. The molecule has 0 atom stereocenters. The molecule has 1 heterocycles. The highest BCUT2D eigenvalue weighted by molar-refractivity contribution is 8.00. The summed E-state index contributed by atoms with van der Waals surface area (Å²) >= 11 is 0. The van der Waals surface area contributed by atoms with Crippen molar-refractivity contribution in [2.75, 3.05) is 13.1 Å². The molecule has 0 radical (unpaired) electrons. The first-order chi connectivity index (χ1) is 9.40. The van der Waals surface area contributed by atoms with E-state index in [1.807, 2.05) is 56.9 Å². The van der Waals surface area contributed by atoms with Crippen molar-refractivity contribution in [3.8, 4) is 0 Å². The van der Waals surface area contributed by atoms with Crippen LogP contribution in [0, 0.1) is 6.92 Å². The number of benzene rings is 1. The van der Waals surface area contributed by atoms with Gasteiger partial charge in [0.25, 0.3) is 10.0 Å². The van der Waals surface area contributed by atoms with Crippen LogP contribution in [0.25, 0.3) is 4.91 Å². The van der Waals surface area contributed by atoms with E-state index in [-0.39, 0.29) is 0 Å². The molecule has 0 saturated heterocycles. The van der Waals surface area contributed by atoms with Gasteiger partial charge in [0, 0.05) is 18.7 Å². The number of sulfonamides is 1. The highest BCUT2D eigenvalue weighted by Gasteiger charge is 2.32. The van der Waals surface area contributed by atoms with Crippen LogP contribution < -0.4 is 0 Å². The Morgan fingerprint density at radius 3 is 2.10 bits per heavy atom. The van der Waals surface area contributed by atoms with Crippen molar-refractivity contribution in [1.29, 1.82) is 0 Å². The molecule has 2 rings (SSSR count). The summed E-state index contributed by atoms with van der Waals surface area (Å²) in [6.45, 7) is 9.28. The van der Waals surface area contributed by atoms with Crippen LogP contribution in [0.3, 0.4) is 0 Å². The average molecular weight is 292 g/mol. The van der Waals surface area contributed by atoms with Gasteiger partial charge in [-0.1, -0.05) is 29.8 Å². The summed E-state index contributed by atoms with van der Waals surface area (Å²) in [5.41, 5.74) is 2.55. The van der Waals surface area contributed by atoms with Gasteiger partial charge in [-0.2, -0.15) is 8.42 Å². The highest BCUT2D eigenvalue weighted by Crippen LogP contribution is 2.33. The van der Waals surface area contributed by atoms with E-state index in [9.17, 15) is 8.42 Å². The van der Waals surface area contributed by atoms with Gasteiger partial charge in [-0.3, -0.25) is 0 Å². The molecule has 0 N–H and O–H groups in total. The average Bonchev–Trinajstić information content (AvgIpc) is 2.63. The third kappa shape index (κ3) is 2.50. The molecule has 1 aliphatic rings. The summed E-state index contributed by atoms with van der Waals surface area (Å²) in [7, 11) is -3.59. The molecule has 0 fully saturated rings. The summed E-state index contributed by atoms with van der Waals surface area (Å²) in [5, 5.41) is 0. The molecule has 1 aromatic carbocycles. The lowest BCUT2D eigenvalue weighted by Crippen LogP contribution is -2.30. The first-order valence-corrected chi connectivity index (χ1v) is 8.23. The van der Waals surface area contributed by atoms with Crippen molar-refractivity contribution < 1.29 is 8.42 Å². The first-order valence-electron chi connectivity index (χ1n) is 6.79.